The first-order chi connectivity index (χ1) is 32.5. The van der Waals surface area contributed by atoms with Crippen LogP contribution >= 0.6 is 0 Å². The monoisotopic (exact) mass is 957 g/mol. The minimum Gasteiger partial charge on any atom is -0.350 e. The highest BCUT2D eigenvalue weighted by molar-refractivity contribution is 6.01. The van der Waals surface area contributed by atoms with Gasteiger partial charge in [0.15, 0.2) is 0 Å². The molecular weight excluding hydrogens is 881 g/mol. The smallest absolute Gasteiger partial charge is 0.251 e. The van der Waals surface area contributed by atoms with Crippen molar-refractivity contribution in [2.24, 2.45) is 5.41 Å². The van der Waals surface area contributed by atoms with Crippen molar-refractivity contribution in [2.75, 3.05) is 27.2 Å². The molecule has 0 spiro atoms. The number of hydrogen-bond donors (Lipinski definition) is 8. The lowest BCUT2D eigenvalue weighted by molar-refractivity contribution is -0.144. The fourth-order valence-corrected chi connectivity index (χ4v) is 9.22. The van der Waals surface area contributed by atoms with E-state index in [2.05, 4.69) is 48.6 Å². The Kier molecular flexibility index (Phi) is 18.1. The van der Waals surface area contributed by atoms with Crippen molar-refractivity contribution in [2.45, 2.75) is 167 Å². The molecular formula is C51H76N10O8. The highest BCUT2D eigenvalue weighted by Crippen LogP contribution is 2.32. The molecule has 69 heavy (non-hydrogen) atoms. The van der Waals surface area contributed by atoms with Crippen molar-refractivity contribution in [3.63, 3.8) is 0 Å². The van der Waals surface area contributed by atoms with Crippen LogP contribution in [0.25, 0.3) is 0 Å². The van der Waals surface area contributed by atoms with Gasteiger partial charge in [-0.25, -0.2) is 0 Å². The summed E-state index contributed by atoms with van der Waals surface area (Å²) >= 11 is 0. The van der Waals surface area contributed by atoms with Gasteiger partial charge in [0.2, 0.25) is 35.4 Å². The second-order valence-electron chi connectivity index (χ2n) is 21.0. The van der Waals surface area contributed by atoms with Gasteiger partial charge in [-0.2, -0.15) is 0 Å². The SMILES string of the molecule is CCC[C@H](NC(=O)[C@H](C)NC)C(=O)N1C[C@@H](NC(=O)c2cccc(C(=O)N[C@H]3C[C@@H](C(=O)N[C@@H]4CCCc5ccccc54)N(C(=O)[C@@H](NC(=O)[C@H](C)NC)C(C)(C)C)C3)c2)C[C@H]1C(=O)NC(C)(C)C. The van der Waals surface area contributed by atoms with E-state index >= 15 is 0 Å². The van der Waals surface area contributed by atoms with Gasteiger partial charge in [0, 0.05) is 41.8 Å². The third kappa shape index (κ3) is 13.9. The number of rotatable bonds is 17. The quantitative estimate of drug-likeness (QED) is 0.115. The Morgan fingerprint density at radius 2 is 1.22 bits per heavy atom. The van der Waals surface area contributed by atoms with Gasteiger partial charge >= 0.3 is 0 Å². The summed E-state index contributed by atoms with van der Waals surface area (Å²) in [5.74, 6) is -3.39. The lowest BCUT2D eigenvalue weighted by Crippen LogP contribution is -2.59. The standard InChI is InChI=1S/C51H76N10O8/c1-12-17-38(57-42(62)29(2)52-10)48(68)60-27-35(26-40(60)47(67)59-51(7,8)9)55-45(65)33-21-15-20-32(24-33)44(64)54-34-25-39(46(66)56-37-23-16-19-31-18-13-14-22-36(31)37)61(28-34)49(69)41(50(4,5)6)58-43(63)30(3)53-11/h13-15,18,20-22,24,29-30,34-35,37-41,52-53H,12,16-17,19,23,25-28H2,1-11H3,(H,54,64)(H,55,65)(H,56,66)(H,57,62)(H,58,63)(H,59,67)/t29-,30-,34-,35-,37+,38-,39-,40-,41+/m0/s1. The van der Waals surface area contributed by atoms with Gasteiger partial charge < -0.3 is 52.3 Å². The number of nitrogens with one attached hydrogen (secondary N) is 8. The maximum Gasteiger partial charge on any atom is 0.251 e. The molecule has 18 nitrogen and oxygen atoms in total. The van der Waals surface area contributed by atoms with Gasteiger partial charge in [-0.1, -0.05) is 64.4 Å². The molecule has 5 rings (SSSR count). The van der Waals surface area contributed by atoms with E-state index in [9.17, 15) is 38.4 Å². The maximum atomic E-state index is 14.6. The number of amides is 8. The largest absolute Gasteiger partial charge is 0.350 e. The molecule has 1 aliphatic carbocycles. The predicted molar refractivity (Wildman–Crippen MR) is 263 cm³/mol. The van der Waals surface area contributed by atoms with Crippen molar-refractivity contribution < 1.29 is 38.4 Å². The van der Waals surface area contributed by atoms with E-state index < -0.39 is 82.9 Å². The number of carbonyl (C=O) groups excluding carboxylic acids is 8. The Labute approximate surface area is 407 Å². The first-order valence-electron chi connectivity index (χ1n) is 24.4. The second-order valence-corrected chi connectivity index (χ2v) is 21.0. The van der Waals surface area contributed by atoms with Crippen LogP contribution in [-0.4, -0.2) is 138 Å². The molecule has 2 heterocycles. The van der Waals surface area contributed by atoms with Crippen molar-refractivity contribution in [1.82, 2.24) is 52.3 Å². The summed E-state index contributed by atoms with van der Waals surface area (Å²) < 4.78 is 0. The molecule has 0 saturated carbocycles. The molecule has 8 N–H and O–H groups in total. The molecule has 2 aromatic rings. The van der Waals surface area contributed by atoms with Crippen LogP contribution in [0.3, 0.4) is 0 Å². The number of carbonyl (C=O) groups is 8. The molecule has 0 aromatic heterocycles. The molecule has 3 aliphatic rings. The lowest BCUT2D eigenvalue weighted by Gasteiger charge is -2.36. The molecule has 378 valence electrons. The predicted octanol–water partition coefficient (Wildman–Crippen LogP) is 2.23. The van der Waals surface area contributed by atoms with Gasteiger partial charge in [-0.05, 0) is 122 Å². The number of hydrogen-bond acceptors (Lipinski definition) is 10. The van der Waals surface area contributed by atoms with Gasteiger partial charge in [0.05, 0.1) is 18.1 Å². The van der Waals surface area contributed by atoms with Crippen LogP contribution < -0.4 is 42.5 Å². The van der Waals surface area contributed by atoms with Crippen molar-refractivity contribution >= 4 is 47.3 Å². The fraction of sp³-hybridized carbons (Fsp3) is 0.608. The summed E-state index contributed by atoms with van der Waals surface area (Å²) in [7, 11) is 3.29. The maximum absolute atomic E-state index is 14.6. The Morgan fingerprint density at radius 1 is 0.681 bits per heavy atom. The van der Waals surface area contributed by atoms with Gasteiger partial charge in [0.25, 0.3) is 11.8 Å². The minimum atomic E-state index is -0.991. The molecule has 2 saturated heterocycles. The topological polar surface area (TPSA) is 239 Å². The van der Waals surface area contributed by atoms with E-state index in [0.29, 0.717) is 12.8 Å². The van der Waals surface area contributed by atoms with Crippen molar-refractivity contribution in [1.29, 1.82) is 0 Å². The van der Waals surface area contributed by atoms with E-state index in [1.54, 1.807) is 46.1 Å². The zero-order valence-corrected chi connectivity index (χ0v) is 42.3. The number of aryl methyl sites for hydroxylation is 1. The number of nitrogens with zero attached hydrogens (tertiary/aromatic N) is 2. The summed E-state index contributed by atoms with van der Waals surface area (Å²) in [6, 6.07) is 7.66. The van der Waals surface area contributed by atoms with E-state index in [1.165, 1.54) is 15.9 Å². The van der Waals surface area contributed by atoms with Crippen molar-refractivity contribution in [3.8, 4) is 0 Å². The molecule has 0 bridgehead atoms. The zero-order valence-electron chi connectivity index (χ0n) is 42.3. The molecule has 2 aliphatic heterocycles. The molecule has 0 radical (unpaired) electrons. The lowest BCUT2D eigenvalue weighted by atomic mass is 9.85. The van der Waals surface area contributed by atoms with Crippen LogP contribution in [0.4, 0.5) is 0 Å². The zero-order chi connectivity index (χ0) is 51.0. The van der Waals surface area contributed by atoms with Gasteiger partial charge in [-0.15, -0.1) is 0 Å². The molecule has 8 amide bonds. The summed E-state index contributed by atoms with van der Waals surface area (Å²) in [5, 5.41) is 23.6. The van der Waals surface area contributed by atoms with Crippen LogP contribution in [0.1, 0.15) is 139 Å². The summed E-state index contributed by atoms with van der Waals surface area (Å²) in [4.78, 5) is 114. The third-order valence-corrected chi connectivity index (χ3v) is 13.3. The number of fused-ring (bicyclic) bond motifs is 1. The van der Waals surface area contributed by atoms with E-state index in [0.717, 1.165) is 30.4 Å². The third-order valence-electron chi connectivity index (χ3n) is 13.3. The number of likely N-dealkylation sites (N-methyl/N-ethyl adjacent to an activating group) is 2. The van der Waals surface area contributed by atoms with Gasteiger partial charge in [0.1, 0.15) is 24.2 Å². The normalized spacial score (nSPS) is 22.0. The average molecular weight is 957 g/mol. The highest BCUT2D eigenvalue weighted by Gasteiger charge is 2.47. The average Bonchev–Trinajstić information content (AvgIpc) is 3.93. The van der Waals surface area contributed by atoms with Crippen LogP contribution in [0.5, 0.6) is 0 Å². The number of likely N-dealkylation sites (tertiary alicyclic amines) is 2. The van der Waals surface area contributed by atoms with Crippen LogP contribution in [0.15, 0.2) is 48.5 Å². The van der Waals surface area contributed by atoms with E-state index in [4.69, 9.17) is 0 Å². The Hall–Kier alpha value is -5.88. The summed E-state index contributed by atoms with van der Waals surface area (Å²) in [6.45, 7) is 16.3. The highest BCUT2D eigenvalue weighted by atomic mass is 16.2. The van der Waals surface area contributed by atoms with Crippen molar-refractivity contribution in [3.05, 3.63) is 70.8 Å². The molecule has 9 atom stereocenters. The van der Waals surface area contributed by atoms with Crippen LogP contribution in [0.2, 0.25) is 0 Å². The Bertz CT molecular complexity index is 2220. The van der Waals surface area contributed by atoms with E-state index in [1.807, 2.05) is 66.7 Å². The first kappa shape index (κ1) is 54.1. The first-order valence-corrected chi connectivity index (χ1v) is 24.4. The second kappa shape index (κ2) is 23.2. The van der Waals surface area contributed by atoms with Crippen LogP contribution in [0, 0.1) is 5.41 Å². The van der Waals surface area contributed by atoms with Gasteiger partial charge in [-0.3, -0.25) is 38.4 Å². The number of benzene rings is 2. The Morgan fingerprint density at radius 3 is 1.75 bits per heavy atom. The summed E-state index contributed by atoms with van der Waals surface area (Å²) in [6.07, 6.45) is 3.69. The molecule has 18 heteroatoms. The fourth-order valence-electron chi connectivity index (χ4n) is 9.22. The molecule has 2 aromatic carbocycles. The van der Waals surface area contributed by atoms with E-state index in [-0.39, 0.29) is 66.7 Å². The Balaban J connectivity index is 1.34. The molecule has 2 fully saturated rings. The van der Waals surface area contributed by atoms with Crippen LogP contribution in [-0.2, 0) is 35.2 Å². The summed E-state index contributed by atoms with van der Waals surface area (Å²) in [5.41, 5.74) is 1.17. The minimum absolute atomic E-state index is 0.00765. The molecule has 0 unspecified atom stereocenters.